The number of benzene rings is 1. The van der Waals surface area contributed by atoms with E-state index >= 15 is 0 Å². The van der Waals surface area contributed by atoms with Crippen LogP contribution in [0.1, 0.15) is 30.5 Å². The van der Waals surface area contributed by atoms with Gasteiger partial charge in [0.05, 0.1) is 4.88 Å². The Kier molecular flexibility index (Phi) is 3.76. The molecule has 0 bridgehead atoms. The zero-order chi connectivity index (χ0) is 14.9. The van der Waals surface area contributed by atoms with Gasteiger partial charge in [-0.3, -0.25) is 4.79 Å². The number of hydrogen-bond donors (Lipinski definition) is 3. The second-order valence-corrected chi connectivity index (χ2v) is 5.60. The molecule has 0 radical (unpaired) electrons. The van der Waals surface area contributed by atoms with Crippen molar-refractivity contribution in [2.45, 2.75) is 13.8 Å². The summed E-state index contributed by atoms with van der Waals surface area (Å²) in [5.74, 6) is -1.88. The van der Waals surface area contributed by atoms with E-state index in [1.807, 2.05) is 13.8 Å². The summed E-state index contributed by atoms with van der Waals surface area (Å²) in [6, 6.07) is 5.70. The van der Waals surface area contributed by atoms with Crippen molar-refractivity contribution in [3.8, 4) is 5.75 Å². The van der Waals surface area contributed by atoms with Crippen molar-refractivity contribution >= 4 is 28.9 Å². The molecule has 1 heterocycles. The zero-order valence-electron chi connectivity index (χ0n) is 10.9. The van der Waals surface area contributed by atoms with Crippen LogP contribution >= 0.6 is 11.3 Å². The molecule has 1 aromatic heterocycles. The normalized spacial score (nSPS) is 10.3. The minimum Gasteiger partial charge on any atom is -0.507 e. The number of phenols is 1. The van der Waals surface area contributed by atoms with Gasteiger partial charge in [-0.25, -0.2) is 4.79 Å². The van der Waals surface area contributed by atoms with E-state index in [2.05, 4.69) is 5.32 Å². The van der Waals surface area contributed by atoms with E-state index in [0.717, 1.165) is 10.4 Å². The SMILES string of the molecule is Cc1cc(C(=O)Nc2ccc(O)c(C(=O)O)c2)sc1C. The Morgan fingerprint density at radius 3 is 2.45 bits per heavy atom. The van der Waals surface area contributed by atoms with Gasteiger partial charge in [-0.1, -0.05) is 0 Å². The number of aryl methyl sites for hydroxylation is 2. The number of carboxylic acid groups (broad SMARTS) is 1. The van der Waals surface area contributed by atoms with Crippen LogP contribution in [0.2, 0.25) is 0 Å². The van der Waals surface area contributed by atoms with E-state index in [1.165, 1.54) is 29.5 Å². The van der Waals surface area contributed by atoms with Gasteiger partial charge in [0, 0.05) is 10.6 Å². The summed E-state index contributed by atoms with van der Waals surface area (Å²) in [7, 11) is 0. The van der Waals surface area contributed by atoms with Crippen LogP contribution in [0, 0.1) is 13.8 Å². The van der Waals surface area contributed by atoms with E-state index in [9.17, 15) is 14.7 Å². The van der Waals surface area contributed by atoms with Crippen molar-refractivity contribution in [1.29, 1.82) is 0 Å². The van der Waals surface area contributed by atoms with Crippen molar-refractivity contribution in [2.24, 2.45) is 0 Å². The number of thiophene rings is 1. The lowest BCUT2D eigenvalue weighted by molar-refractivity contribution is 0.0693. The maximum atomic E-state index is 12.0. The van der Waals surface area contributed by atoms with Gasteiger partial charge in [-0.05, 0) is 43.7 Å². The van der Waals surface area contributed by atoms with Crippen molar-refractivity contribution in [3.05, 3.63) is 45.1 Å². The number of anilines is 1. The lowest BCUT2D eigenvalue weighted by Crippen LogP contribution is -2.10. The van der Waals surface area contributed by atoms with Crippen LogP contribution in [0.25, 0.3) is 0 Å². The molecule has 1 aromatic carbocycles. The van der Waals surface area contributed by atoms with Gasteiger partial charge in [0.25, 0.3) is 5.91 Å². The molecule has 20 heavy (non-hydrogen) atoms. The van der Waals surface area contributed by atoms with Crippen LogP contribution in [-0.2, 0) is 0 Å². The fourth-order valence-corrected chi connectivity index (χ4v) is 2.59. The molecular formula is C14H13NO4S. The first-order valence-corrected chi connectivity index (χ1v) is 6.65. The van der Waals surface area contributed by atoms with Crippen molar-refractivity contribution in [2.75, 3.05) is 5.32 Å². The standard InChI is InChI=1S/C14H13NO4S/c1-7-5-12(20-8(7)2)13(17)15-9-3-4-11(16)10(6-9)14(18)19/h3-6,16H,1-2H3,(H,15,17)(H,18,19). The van der Waals surface area contributed by atoms with Crippen LogP contribution in [-0.4, -0.2) is 22.1 Å². The highest BCUT2D eigenvalue weighted by atomic mass is 32.1. The Balaban J connectivity index is 2.24. The van der Waals surface area contributed by atoms with Gasteiger partial charge < -0.3 is 15.5 Å². The second-order valence-electron chi connectivity index (χ2n) is 4.34. The summed E-state index contributed by atoms with van der Waals surface area (Å²) >= 11 is 1.38. The molecule has 3 N–H and O–H groups in total. The van der Waals surface area contributed by atoms with Crippen LogP contribution in [0.15, 0.2) is 24.3 Å². The molecule has 0 saturated heterocycles. The Hall–Kier alpha value is -2.34. The second kappa shape index (κ2) is 5.34. The first-order valence-electron chi connectivity index (χ1n) is 5.83. The molecule has 0 unspecified atom stereocenters. The summed E-state index contributed by atoms with van der Waals surface area (Å²) in [6.45, 7) is 3.85. The number of amides is 1. The van der Waals surface area contributed by atoms with Crippen molar-refractivity contribution in [1.82, 2.24) is 0 Å². The topological polar surface area (TPSA) is 86.6 Å². The number of carbonyl (C=O) groups is 2. The van der Waals surface area contributed by atoms with E-state index in [1.54, 1.807) is 6.07 Å². The highest BCUT2D eigenvalue weighted by molar-refractivity contribution is 7.14. The third-order valence-electron chi connectivity index (χ3n) is 2.87. The quantitative estimate of drug-likeness (QED) is 0.759. The summed E-state index contributed by atoms with van der Waals surface area (Å²) in [5.41, 5.74) is 1.12. The summed E-state index contributed by atoms with van der Waals surface area (Å²) in [5, 5.41) is 20.9. The largest absolute Gasteiger partial charge is 0.507 e. The molecule has 0 aliphatic rings. The van der Waals surface area contributed by atoms with Gasteiger partial charge in [0.2, 0.25) is 0 Å². The lowest BCUT2D eigenvalue weighted by atomic mass is 10.1. The van der Waals surface area contributed by atoms with Gasteiger partial charge in [0.15, 0.2) is 0 Å². The third-order valence-corrected chi connectivity index (χ3v) is 4.03. The Bertz CT molecular complexity index is 671. The molecule has 1 amide bonds. The third kappa shape index (κ3) is 2.80. The maximum Gasteiger partial charge on any atom is 0.339 e. The molecule has 104 valence electrons. The van der Waals surface area contributed by atoms with Crippen LogP contribution < -0.4 is 5.32 Å². The number of aromatic hydroxyl groups is 1. The van der Waals surface area contributed by atoms with Crippen LogP contribution in [0.5, 0.6) is 5.75 Å². The van der Waals surface area contributed by atoms with Crippen molar-refractivity contribution < 1.29 is 19.8 Å². The molecule has 2 rings (SSSR count). The van der Waals surface area contributed by atoms with Crippen molar-refractivity contribution in [3.63, 3.8) is 0 Å². The zero-order valence-corrected chi connectivity index (χ0v) is 11.7. The van der Waals surface area contributed by atoms with E-state index in [0.29, 0.717) is 10.6 Å². The summed E-state index contributed by atoms with van der Waals surface area (Å²) in [4.78, 5) is 24.6. The fraction of sp³-hybridized carbons (Fsp3) is 0.143. The van der Waals surface area contributed by atoms with Gasteiger partial charge in [-0.2, -0.15) is 0 Å². The molecule has 2 aromatic rings. The minimum absolute atomic E-state index is 0.249. The number of carbonyl (C=O) groups excluding carboxylic acids is 1. The highest BCUT2D eigenvalue weighted by Gasteiger charge is 2.14. The summed E-state index contributed by atoms with van der Waals surface area (Å²) < 4.78 is 0. The molecule has 0 aliphatic heterocycles. The van der Waals surface area contributed by atoms with E-state index in [-0.39, 0.29) is 17.2 Å². The minimum atomic E-state index is -1.25. The van der Waals surface area contributed by atoms with Gasteiger partial charge in [-0.15, -0.1) is 11.3 Å². The number of carboxylic acids is 1. The Morgan fingerprint density at radius 1 is 1.20 bits per heavy atom. The molecule has 0 fully saturated rings. The number of aromatic carboxylic acids is 1. The number of rotatable bonds is 3. The van der Waals surface area contributed by atoms with Crippen LogP contribution in [0.4, 0.5) is 5.69 Å². The lowest BCUT2D eigenvalue weighted by Gasteiger charge is -2.06. The number of nitrogens with one attached hydrogen (secondary N) is 1. The molecule has 0 aliphatic carbocycles. The molecule has 0 saturated carbocycles. The number of hydrogen-bond acceptors (Lipinski definition) is 4. The molecule has 0 spiro atoms. The average molecular weight is 291 g/mol. The van der Waals surface area contributed by atoms with Gasteiger partial charge >= 0.3 is 5.97 Å². The predicted molar refractivity (Wildman–Crippen MR) is 76.8 cm³/mol. The summed E-state index contributed by atoms with van der Waals surface area (Å²) in [6.07, 6.45) is 0. The van der Waals surface area contributed by atoms with Crippen LogP contribution in [0.3, 0.4) is 0 Å². The smallest absolute Gasteiger partial charge is 0.339 e. The van der Waals surface area contributed by atoms with Gasteiger partial charge in [0.1, 0.15) is 11.3 Å². The Labute approximate surface area is 119 Å². The first kappa shape index (κ1) is 14.1. The maximum absolute atomic E-state index is 12.0. The monoisotopic (exact) mass is 291 g/mol. The molecule has 0 atom stereocenters. The highest BCUT2D eigenvalue weighted by Crippen LogP contribution is 2.24. The fourth-order valence-electron chi connectivity index (χ4n) is 1.66. The average Bonchev–Trinajstić information content (AvgIpc) is 2.72. The molecule has 6 heteroatoms. The van der Waals surface area contributed by atoms with E-state index < -0.39 is 5.97 Å². The Morgan fingerprint density at radius 2 is 1.90 bits per heavy atom. The molecular weight excluding hydrogens is 278 g/mol. The van der Waals surface area contributed by atoms with E-state index in [4.69, 9.17) is 5.11 Å². The first-order chi connectivity index (χ1) is 9.38. The molecule has 5 nitrogen and oxygen atoms in total. The predicted octanol–water partition coefficient (Wildman–Crippen LogP) is 3.02.